The summed E-state index contributed by atoms with van der Waals surface area (Å²) < 4.78 is 1.98. The first-order valence-electron chi connectivity index (χ1n) is 9.68. The van der Waals surface area contributed by atoms with Gasteiger partial charge in [0.05, 0.1) is 5.69 Å². The lowest BCUT2D eigenvalue weighted by Crippen LogP contribution is -2.26. The van der Waals surface area contributed by atoms with Crippen LogP contribution in [0.2, 0.25) is 0 Å². The lowest BCUT2D eigenvalue weighted by atomic mass is 10.1. The van der Waals surface area contributed by atoms with E-state index in [9.17, 15) is 0 Å². The van der Waals surface area contributed by atoms with Crippen LogP contribution in [-0.2, 0) is 0 Å². The highest BCUT2D eigenvalue weighted by molar-refractivity contribution is 5.91. The van der Waals surface area contributed by atoms with Gasteiger partial charge in [-0.25, -0.2) is 4.98 Å². The molecule has 8 nitrogen and oxygen atoms in total. The highest BCUT2D eigenvalue weighted by Gasteiger charge is 2.22. The van der Waals surface area contributed by atoms with Gasteiger partial charge in [-0.1, -0.05) is 19.9 Å². The van der Waals surface area contributed by atoms with Gasteiger partial charge in [0.1, 0.15) is 11.0 Å². The molecule has 3 aromatic rings. The maximum atomic E-state index is 5.94. The van der Waals surface area contributed by atoms with Crippen LogP contribution in [0.4, 0.5) is 23.1 Å². The minimum Gasteiger partial charge on any atom is -0.399 e. The Bertz CT molecular complexity index is 958. The molecular weight excluding hydrogens is 352 g/mol. The number of hydrogen-bond acceptors (Lipinski definition) is 7. The second-order valence-corrected chi connectivity index (χ2v) is 7.78. The summed E-state index contributed by atoms with van der Waals surface area (Å²) in [5, 5.41) is 11.5. The van der Waals surface area contributed by atoms with Crippen LogP contribution in [-0.4, -0.2) is 32.3 Å². The van der Waals surface area contributed by atoms with Gasteiger partial charge in [-0.15, -0.1) is 0 Å². The second kappa shape index (κ2) is 8.02. The van der Waals surface area contributed by atoms with Gasteiger partial charge >= 0.3 is 0 Å². The van der Waals surface area contributed by atoms with Gasteiger partial charge in [0.15, 0.2) is 5.82 Å². The molecule has 0 saturated carbocycles. The van der Waals surface area contributed by atoms with Crippen molar-refractivity contribution in [3.05, 3.63) is 30.0 Å². The van der Waals surface area contributed by atoms with Crippen LogP contribution in [0.5, 0.6) is 0 Å². The van der Waals surface area contributed by atoms with Gasteiger partial charge in [0.2, 0.25) is 5.95 Å². The summed E-state index contributed by atoms with van der Waals surface area (Å²) in [6.07, 6.45) is 0. The van der Waals surface area contributed by atoms with Crippen molar-refractivity contribution < 1.29 is 0 Å². The molecule has 8 heteroatoms. The van der Waals surface area contributed by atoms with Crippen LogP contribution < -0.4 is 22.1 Å². The van der Waals surface area contributed by atoms with E-state index in [-0.39, 0.29) is 18.0 Å². The Balaban J connectivity index is 2.19. The van der Waals surface area contributed by atoms with E-state index in [2.05, 4.69) is 38.3 Å². The fourth-order valence-electron chi connectivity index (χ4n) is 3.00. The zero-order valence-corrected chi connectivity index (χ0v) is 17.2. The summed E-state index contributed by atoms with van der Waals surface area (Å²) in [6, 6.07) is 7.76. The lowest BCUT2D eigenvalue weighted by molar-refractivity contribution is 0.539. The summed E-state index contributed by atoms with van der Waals surface area (Å²) in [4.78, 5) is 9.49. The minimum atomic E-state index is -0.00687. The standard InChI is InChI=1S/C20H30N8/c1-11(2)16-17-18(28(27-16)12(3)4)19(24-15-8-6-7-14(22)9-15)26-20(25-17)23-10-13(5)21/h6-9,11-13H,10,21-22H2,1-5H3,(H2,23,24,25,26). The molecule has 1 atom stereocenters. The highest BCUT2D eigenvalue weighted by atomic mass is 15.3. The monoisotopic (exact) mass is 382 g/mol. The summed E-state index contributed by atoms with van der Waals surface area (Å²) in [7, 11) is 0. The zero-order valence-electron chi connectivity index (χ0n) is 17.2. The van der Waals surface area contributed by atoms with Crippen LogP contribution in [0.15, 0.2) is 24.3 Å². The van der Waals surface area contributed by atoms with Crippen molar-refractivity contribution in [2.45, 2.75) is 52.6 Å². The molecule has 150 valence electrons. The molecule has 6 N–H and O–H groups in total. The van der Waals surface area contributed by atoms with Crippen LogP contribution >= 0.6 is 0 Å². The molecule has 0 aliphatic carbocycles. The number of rotatable bonds is 7. The number of nitrogens with two attached hydrogens (primary N) is 2. The van der Waals surface area contributed by atoms with Gasteiger partial charge in [-0.2, -0.15) is 10.1 Å². The fourth-order valence-corrected chi connectivity index (χ4v) is 3.00. The molecule has 2 heterocycles. The van der Waals surface area contributed by atoms with Gasteiger partial charge < -0.3 is 22.1 Å². The average Bonchev–Trinajstić information content (AvgIpc) is 3.00. The van der Waals surface area contributed by atoms with E-state index in [0.29, 0.717) is 24.0 Å². The summed E-state index contributed by atoms with van der Waals surface area (Å²) in [5.41, 5.74) is 16.1. The Morgan fingerprint density at radius 1 is 1.11 bits per heavy atom. The van der Waals surface area contributed by atoms with Crippen LogP contribution in [0, 0.1) is 0 Å². The van der Waals surface area contributed by atoms with Gasteiger partial charge in [0, 0.05) is 30.0 Å². The maximum absolute atomic E-state index is 5.94. The second-order valence-electron chi connectivity index (χ2n) is 7.78. The van der Waals surface area contributed by atoms with Crippen LogP contribution in [0.3, 0.4) is 0 Å². The zero-order chi connectivity index (χ0) is 20.4. The Labute approximate surface area is 165 Å². The van der Waals surface area contributed by atoms with Gasteiger partial charge in [-0.3, -0.25) is 4.68 Å². The fraction of sp³-hybridized carbons (Fsp3) is 0.450. The van der Waals surface area contributed by atoms with Crippen molar-refractivity contribution in [3.63, 3.8) is 0 Å². The molecule has 28 heavy (non-hydrogen) atoms. The normalized spacial score (nSPS) is 12.7. The number of fused-ring (bicyclic) bond motifs is 1. The van der Waals surface area contributed by atoms with Gasteiger partial charge in [-0.05, 0) is 44.9 Å². The predicted molar refractivity (Wildman–Crippen MR) is 116 cm³/mol. The minimum absolute atomic E-state index is 0.00687. The Morgan fingerprint density at radius 3 is 2.46 bits per heavy atom. The molecule has 0 spiro atoms. The van der Waals surface area contributed by atoms with Crippen LogP contribution in [0.1, 0.15) is 52.3 Å². The Morgan fingerprint density at radius 2 is 1.86 bits per heavy atom. The molecular formula is C20H30N8. The number of nitrogens with zero attached hydrogens (tertiary/aromatic N) is 4. The van der Waals surface area contributed by atoms with Crippen molar-refractivity contribution >= 4 is 34.2 Å². The van der Waals surface area contributed by atoms with Crippen LogP contribution in [0.25, 0.3) is 11.0 Å². The summed E-state index contributed by atoms with van der Waals surface area (Å²) in [6.45, 7) is 11.0. The van der Waals surface area contributed by atoms with Crippen molar-refractivity contribution in [2.75, 3.05) is 22.9 Å². The number of benzene rings is 1. The average molecular weight is 383 g/mol. The van der Waals surface area contributed by atoms with E-state index >= 15 is 0 Å². The SMILES string of the molecule is CC(N)CNc1nc(Nc2cccc(N)c2)c2c(n1)c(C(C)C)nn2C(C)C. The molecule has 2 aromatic heterocycles. The topological polar surface area (TPSA) is 120 Å². The number of anilines is 4. The number of hydrogen-bond donors (Lipinski definition) is 4. The van der Waals surface area contributed by atoms with Crippen molar-refractivity contribution in [2.24, 2.45) is 5.73 Å². The van der Waals surface area contributed by atoms with E-state index < -0.39 is 0 Å². The molecule has 0 bridgehead atoms. The molecule has 0 fully saturated rings. The third-order valence-corrected chi connectivity index (χ3v) is 4.34. The molecule has 3 rings (SSSR count). The van der Waals surface area contributed by atoms with E-state index in [1.54, 1.807) is 0 Å². The first-order chi connectivity index (χ1) is 13.3. The van der Waals surface area contributed by atoms with Crippen molar-refractivity contribution in [3.8, 4) is 0 Å². The van der Waals surface area contributed by atoms with E-state index in [1.165, 1.54) is 0 Å². The molecule has 1 aromatic carbocycles. The predicted octanol–water partition coefficient (Wildman–Crippen LogP) is 3.62. The highest BCUT2D eigenvalue weighted by Crippen LogP contribution is 2.32. The quantitative estimate of drug-likeness (QED) is 0.461. The Kier molecular flexibility index (Phi) is 5.69. The molecule has 0 amide bonds. The van der Waals surface area contributed by atoms with Crippen molar-refractivity contribution in [1.82, 2.24) is 19.7 Å². The van der Waals surface area contributed by atoms with Crippen molar-refractivity contribution in [1.29, 1.82) is 0 Å². The third kappa shape index (κ3) is 4.17. The summed E-state index contributed by atoms with van der Waals surface area (Å²) in [5.74, 6) is 1.45. The van der Waals surface area contributed by atoms with E-state index in [4.69, 9.17) is 26.5 Å². The van der Waals surface area contributed by atoms with E-state index in [0.717, 1.165) is 22.4 Å². The number of aromatic nitrogens is 4. The molecule has 0 aliphatic rings. The maximum Gasteiger partial charge on any atom is 0.225 e. The van der Waals surface area contributed by atoms with Gasteiger partial charge in [0.25, 0.3) is 0 Å². The number of nitrogens with one attached hydrogen (secondary N) is 2. The molecule has 0 aliphatic heterocycles. The molecule has 0 saturated heterocycles. The third-order valence-electron chi connectivity index (χ3n) is 4.34. The van der Waals surface area contributed by atoms with E-state index in [1.807, 2.05) is 35.9 Å². The molecule has 0 radical (unpaired) electrons. The largest absolute Gasteiger partial charge is 0.399 e. The number of nitrogen functional groups attached to an aromatic ring is 1. The molecule has 1 unspecified atom stereocenters. The smallest absolute Gasteiger partial charge is 0.225 e. The first kappa shape index (κ1) is 19.9. The Hall–Kier alpha value is -2.87. The first-order valence-corrected chi connectivity index (χ1v) is 9.68. The summed E-state index contributed by atoms with van der Waals surface area (Å²) >= 11 is 0. The lowest BCUT2D eigenvalue weighted by Gasteiger charge is -2.14.